The van der Waals surface area contributed by atoms with Crippen LogP contribution < -0.4 is 4.74 Å². The van der Waals surface area contributed by atoms with Gasteiger partial charge in [-0.25, -0.2) is 0 Å². The summed E-state index contributed by atoms with van der Waals surface area (Å²) in [6.07, 6.45) is -0.137. The fourth-order valence-electron chi connectivity index (χ4n) is 1.87. The van der Waals surface area contributed by atoms with Crippen molar-refractivity contribution in [1.29, 1.82) is 0 Å². The second-order valence-electron chi connectivity index (χ2n) is 4.44. The first-order valence-corrected chi connectivity index (χ1v) is 6.79. The van der Waals surface area contributed by atoms with E-state index < -0.39 is 11.0 Å². The first-order chi connectivity index (χ1) is 10.0. The van der Waals surface area contributed by atoms with Crippen LogP contribution in [0.1, 0.15) is 25.0 Å². The molecule has 0 bridgehead atoms. The van der Waals surface area contributed by atoms with E-state index >= 15 is 0 Å². The highest BCUT2D eigenvalue weighted by atomic mass is 35.5. The number of halogens is 1. The van der Waals surface area contributed by atoms with Crippen LogP contribution in [-0.2, 0) is 0 Å². The molecule has 0 aliphatic heterocycles. The van der Waals surface area contributed by atoms with Gasteiger partial charge < -0.3 is 9.84 Å². The molecule has 2 aromatic carbocycles. The molecule has 21 heavy (non-hydrogen) atoms. The van der Waals surface area contributed by atoms with E-state index in [1.165, 1.54) is 18.2 Å². The Morgan fingerprint density at radius 1 is 1.29 bits per heavy atom. The minimum atomic E-state index is -0.668. The van der Waals surface area contributed by atoms with E-state index in [0.29, 0.717) is 17.7 Å². The third-order valence-electron chi connectivity index (χ3n) is 3.01. The number of aliphatic hydroxyl groups excluding tert-OH is 1. The van der Waals surface area contributed by atoms with Gasteiger partial charge in [-0.1, -0.05) is 36.7 Å². The van der Waals surface area contributed by atoms with Gasteiger partial charge in [0.1, 0.15) is 5.75 Å². The average molecular weight is 308 g/mol. The summed E-state index contributed by atoms with van der Waals surface area (Å²) in [5.41, 5.74) is 0.505. The van der Waals surface area contributed by atoms with Crippen LogP contribution in [0.3, 0.4) is 0 Å². The van der Waals surface area contributed by atoms with Gasteiger partial charge >= 0.3 is 0 Å². The fraction of sp³-hybridized carbons (Fsp3) is 0.200. The molecule has 1 atom stereocenters. The molecular formula is C15H14ClNO4. The quantitative estimate of drug-likeness (QED) is 0.652. The number of ether oxygens (including phenoxy) is 1. The van der Waals surface area contributed by atoms with Crippen LogP contribution in [0.25, 0.3) is 0 Å². The normalized spacial score (nSPS) is 12.0. The Labute approximate surface area is 126 Å². The number of nitrogens with zero attached hydrogens (tertiary/aromatic N) is 1. The molecule has 0 heterocycles. The maximum atomic E-state index is 10.8. The molecule has 2 aromatic rings. The summed E-state index contributed by atoms with van der Waals surface area (Å²) >= 11 is 6.01. The van der Waals surface area contributed by atoms with Gasteiger partial charge in [-0.15, -0.1) is 0 Å². The smallest absolute Gasteiger partial charge is 0.273 e. The molecule has 2 rings (SSSR count). The van der Waals surface area contributed by atoms with Gasteiger partial charge in [-0.3, -0.25) is 10.1 Å². The Morgan fingerprint density at radius 2 is 2.00 bits per heavy atom. The Morgan fingerprint density at radius 3 is 2.67 bits per heavy atom. The largest absolute Gasteiger partial charge is 0.455 e. The molecule has 5 nitrogen and oxygen atoms in total. The van der Waals surface area contributed by atoms with Gasteiger partial charge in [0.25, 0.3) is 5.69 Å². The molecule has 0 spiro atoms. The standard InChI is InChI=1S/C15H14ClNO4/c1-2-13(18)11-5-3-4-6-14(11)21-15-9-10(17(19)20)7-8-12(15)16/h3-9,13,18H,2H2,1H3. The van der Waals surface area contributed by atoms with Crippen molar-refractivity contribution in [1.82, 2.24) is 0 Å². The SMILES string of the molecule is CCC(O)c1ccccc1Oc1cc([N+](=O)[O-])ccc1Cl. The Kier molecular flexibility index (Phi) is 4.77. The highest BCUT2D eigenvalue weighted by molar-refractivity contribution is 6.32. The fourth-order valence-corrected chi connectivity index (χ4v) is 2.03. The highest BCUT2D eigenvalue weighted by Crippen LogP contribution is 2.36. The maximum Gasteiger partial charge on any atom is 0.273 e. The summed E-state index contributed by atoms with van der Waals surface area (Å²) in [5, 5.41) is 21.0. The zero-order chi connectivity index (χ0) is 15.4. The van der Waals surface area contributed by atoms with Gasteiger partial charge in [-0.2, -0.15) is 0 Å². The van der Waals surface area contributed by atoms with Crippen molar-refractivity contribution in [3.8, 4) is 11.5 Å². The molecule has 1 N–H and O–H groups in total. The van der Waals surface area contributed by atoms with Crippen LogP contribution in [0.4, 0.5) is 5.69 Å². The Balaban J connectivity index is 2.38. The first-order valence-electron chi connectivity index (χ1n) is 6.41. The number of hydrogen-bond donors (Lipinski definition) is 1. The zero-order valence-corrected chi connectivity index (χ0v) is 12.1. The van der Waals surface area contributed by atoms with E-state index in [1.807, 2.05) is 6.92 Å². The lowest BCUT2D eigenvalue weighted by Gasteiger charge is -2.15. The second-order valence-corrected chi connectivity index (χ2v) is 4.84. The molecule has 0 aliphatic carbocycles. The Bertz CT molecular complexity index is 660. The van der Waals surface area contributed by atoms with Crippen LogP contribution in [0.5, 0.6) is 11.5 Å². The third-order valence-corrected chi connectivity index (χ3v) is 3.32. The molecule has 0 saturated heterocycles. The lowest BCUT2D eigenvalue weighted by molar-refractivity contribution is -0.384. The molecule has 0 saturated carbocycles. The minimum absolute atomic E-state index is 0.108. The van der Waals surface area contributed by atoms with E-state index in [4.69, 9.17) is 16.3 Å². The van der Waals surface area contributed by atoms with Crippen molar-refractivity contribution in [2.45, 2.75) is 19.4 Å². The van der Waals surface area contributed by atoms with E-state index in [1.54, 1.807) is 24.3 Å². The third kappa shape index (κ3) is 3.51. The van der Waals surface area contributed by atoms with Gasteiger partial charge in [0.05, 0.1) is 22.1 Å². The molecule has 1 unspecified atom stereocenters. The van der Waals surface area contributed by atoms with Crippen molar-refractivity contribution < 1.29 is 14.8 Å². The lowest BCUT2D eigenvalue weighted by atomic mass is 10.1. The zero-order valence-electron chi connectivity index (χ0n) is 11.3. The molecule has 0 aromatic heterocycles. The summed E-state index contributed by atoms with van der Waals surface area (Å²) in [7, 11) is 0. The summed E-state index contributed by atoms with van der Waals surface area (Å²) in [6, 6.07) is 11.0. The highest BCUT2D eigenvalue weighted by Gasteiger charge is 2.15. The van der Waals surface area contributed by atoms with Crippen LogP contribution in [0.2, 0.25) is 5.02 Å². The summed E-state index contributed by atoms with van der Waals surface area (Å²) < 4.78 is 5.66. The van der Waals surface area contributed by atoms with Gasteiger partial charge in [0.2, 0.25) is 0 Å². The minimum Gasteiger partial charge on any atom is -0.455 e. The lowest BCUT2D eigenvalue weighted by Crippen LogP contribution is -1.99. The molecule has 6 heteroatoms. The van der Waals surface area contributed by atoms with Crippen molar-refractivity contribution >= 4 is 17.3 Å². The predicted octanol–water partition coefficient (Wildman–Crippen LogP) is 4.48. The number of hydrogen-bond acceptors (Lipinski definition) is 4. The van der Waals surface area contributed by atoms with Gasteiger partial charge in [0.15, 0.2) is 5.75 Å². The number of para-hydroxylation sites is 1. The van der Waals surface area contributed by atoms with Crippen molar-refractivity contribution in [3.63, 3.8) is 0 Å². The first kappa shape index (κ1) is 15.3. The van der Waals surface area contributed by atoms with Crippen LogP contribution >= 0.6 is 11.6 Å². The molecule has 110 valence electrons. The van der Waals surface area contributed by atoms with Crippen molar-refractivity contribution in [2.24, 2.45) is 0 Å². The average Bonchev–Trinajstić information content (AvgIpc) is 2.49. The summed E-state index contributed by atoms with van der Waals surface area (Å²) in [6.45, 7) is 1.85. The van der Waals surface area contributed by atoms with Crippen molar-refractivity contribution in [2.75, 3.05) is 0 Å². The monoisotopic (exact) mass is 307 g/mol. The summed E-state index contributed by atoms with van der Waals surface area (Å²) in [4.78, 5) is 10.3. The predicted molar refractivity (Wildman–Crippen MR) is 79.9 cm³/mol. The van der Waals surface area contributed by atoms with Gasteiger partial charge in [0, 0.05) is 11.6 Å². The number of nitro groups is 1. The number of nitro benzene ring substituents is 1. The molecular weight excluding hydrogens is 294 g/mol. The molecule has 0 aliphatic rings. The second kappa shape index (κ2) is 6.56. The molecule has 0 amide bonds. The number of benzene rings is 2. The van der Waals surface area contributed by atoms with E-state index in [-0.39, 0.29) is 16.5 Å². The van der Waals surface area contributed by atoms with Crippen LogP contribution in [0.15, 0.2) is 42.5 Å². The number of non-ortho nitro benzene ring substituents is 1. The van der Waals surface area contributed by atoms with E-state index in [2.05, 4.69) is 0 Å². The summed E-state index contributed by atoms with van der Waals surface area (Å²) in [5.74, 6) is 0.607. The van der Waals surface area contributed by atoms with Crippen LogP contribution in [0, 0.1) is 10.1 Å². The maximum absolute atomic E-state index is 10.8. The molecule has 0 fully saturated rings. The molecule has 0 radical (unpaired) electrons. The number of rotatable bonds is 5. The van der Waals surface area contributed by atoms with Gasteiger partial charge in [-0.05, 0) is 18.6 Å². The Hall–Kier alpha value is -2.11. The van der Waals surface area contributed by atoms with E-state index in [0.717, 1.165) is 0 Å². The van der Waals surface area contributed by atoms with Crippen LogP contribution in [-0.4, -0.2) is 10.0 Å². The van der Waals surface area contributed by atoms with Crippen molar-refractivity contribution in [3.05, 3.63) is 63.2 Å². The topological polar surface area (TPSA) is 72.6 Å². The van der Waals surface area contributed by atoms with E-state index in [9.17, 15) is 15.2 Å². The number of aliphatic hydroxyl groups is 1.